The van der Waals surface area contributed by atoms with Crippen LogP contribution in [-0.4, -0.2) is 41.2 Å². The predicted octanol–water partition coefficient (Wildman–Crippen LogP) is 3.66. The number of hydrogen-bond donors (Lipinski definition) is 3. The van der Waals surface area contributed by atoms with Gasteiger partial charge in [-0.2, -0.15) is 0 Å². The summed E-state index contributed by atoms with van der Waals surface area (Å²) in [5.41, 5.74) is 8.82. The average Bonchev–Trinajstić information content (AvgIpc) is 3.34. The van der Waals surface area contributed by atoms with Gasteiger partial charge in [0.15, 0.2) is 24.1 Å². The highest BCUT2D eigenvalue weighted by molar-refractivity contribution is 7.62. The number of carbonyl (C=O) groups excluding carboxylic acids is 1. The Morgan fingerprint density at radius 1 is 1.13 bits per heavy atom. The second kappa shape index (κ2) is 11.1. The number of ether oxygens (including phenoxy) is 1. The van der Waals surface area contributed by atoms with Gasteiger partial charge in [-0.15, -0.1) is 5.53 Å². The van der Waals surface area contributed by atoms with Crippen LogP contribution >= 0.6 is 7.60 Å². The van der Waals surface area contributed by atoms with Gasteiger partial charge in [0.05, 0.1) is 30.2 Å². The van der Waals surface area contributed by atoms with Crippen LogP contribution in [0.4, 0.5) is 23.1 Å². The molecule has 1 aliphatic rings. The third-order valence-corrected chi connectivity index (χ3v) is 7.56. The van der Waals surface area contributed by atoms with Gasteiger partial charge < -0.3 is 14.6 Å². The van der Waals surface area contributed by atoms with Gasteiger partial charge in [0, 0.05) is 24.4 Å². The van der Waals surface area contributed by atoms with E-state index in [0.29, 0.717) is 35.0 Å². The fraction of sp³-hybridized carbons (Fsp3) is 0.200. The Labute approximate surface area is 218 Å². The number of aromatic nitrogens is 3. The van der Waals surface area contributed by atoms with E-state index in [0.717, 1.165) is 16.5 Å². The van der Waals surface area contributed by atoms with E-state index in [4.69, 9.17) is 18.8 Å². The normalized spacial score (nSPS) is 14.0. The zero-order chi connectivity index (χ0) is 26.5. The number of esters is 1. The molecule has 3 N–H and O–H groups in total. The molecule has 13 heteroatoms. The minimum atomic E-state index is -3.68. The SMILES string of the molecule is CCOC(=O)COP(=O)(OC)c1ccc(Nc2cnc3c(n2)N(Cc2ccc4ncccc4c2)NN3)cc1. The summed E-state index contributed by atoms with van der Waals surface area (Å²) in [7, 11) is -2.42. The van der Waals surface area contributed by atoms with Crippen LogP contribution in [0.5, 0.6) is 0 Å². The molecule has 1 unspecified atom stereocenters. The van der Waals surface area contributed by atoms with Gasteiger partial charge >= 0.3 is 13.6 Å². The van der Waals surface area contributed by atoms with E-state index in [9.17, 15) is 9.36 Å². The molecule has 5 rings (SSSR count). The second-order valence-electron chi connectivity index (χ2n) is 8.21. The van der Waals surface area contributed by atoms with E-state index < -0.39 is 20.2 Å². The molecule has 3 heterocycles. The molecule has 2 aromatic heterocycles. The third-order valence-electron chi connectivity index (χ3n) is 5.68. The summed E-state index contributed by atoms with van der Waals surface area (Å²) in [6.07, 6.45) is 3.38. The lowest BCUT2D eigenvalue weighted by atomic mass is 10.1. The van der Waals surface area contributed by atoms with Crippen molar-refractivity contribution in [2.24, 2.45) is 0 Å². The van der Waals surface area contributed by atoms with Gasteiger partial charge in [-0.25, -0.2) is 14.8 Å². The highest BCUT2D eigenvalue weighted by Gasteiger charge is 2.28. The number of benzene rings is 2. The van der Waals surface area contributed by atoms with Crippen LogP contribution in [0.2, 0.25) is 0 Å². The molecule has 0 radical (unpaired) electrons. The first-order chi connectivity index (χ1) is 18.5. The fourth-order valence-electron chi connectivity index (χ4n) is 3.86. The van der Waals surface area contributed by atoms with Crippen LogP contribution in [0.3, 0.4) is 0 Å². The second-order valence-corrected chi connectivity index (χ2v) is 10.3. The minimum absolute atomic E-state index is 0.205. The molecule has 1 atom stereocenters. The number of hydrogen-bond acceptors (Lipinski definition) is 12. The Bertz CT molecular complexity index is 1500. The zero-order valence-corrected chi connectivity index (χ0v) is 21.6. The Hall–Kier alpha value is -4.09. The molecule has 12 nitrogen and oxygen atoms in total. The van der Waals surface area contributed by atoms with E-state index in [1.165, 1.54) is 7.11 Å². The molecule has 0 aliphatic carbocycles. The molecular formula is C25H26N7O5P. The number of carbonyl (C=O) groups is 1. The van der Waals surface area contributed by atoms with Crippen LogP contribution in [0.1, 0.15) is 12.5 Å². The van der Waals surface area contributed by atoms with Gasteiger partial charge in [0.2, 0.25) is 0 Å². The first-order valence-electron chi connectivity index (χ1n) is 11.8. The molecule has 2 aromatic carbocycles. The number of nitrogens with zero attached hydrogens (tertiary/aromatic N) is 4. The van der Waals surface area contributed by atoms with Crippen molar-refractivity contribution in [1.29, 1.82) is 0 Å². The number of hydrazine groups is 2. The molecule has 0 saturated heterocycles. The summed E-state index contributed by atoms with van der Waals surface area (Å²) >= 11 is 0. The van der Waals surface area contributed by atoms with Crippen LogP contribution in [-0.2, 0) is 29.7 Å². The Kier molecular flexibility index (Phi) is 7.47. The van der Waals surface area contributed by atoms with Crippen molar-refractivity contribution in [2.45, 2.75) is 13.5 Å². The van der Waals surface area contributed by atoms with E-state index in [2.05, 4.69) is 32.3 Å². The van der Waals surface area contributed by atoms with Crippen LogP contribution in [0.25, 0.3) is 10.9 Å². The number of pyridine rings is 1. The lowest BCUT2D eigenvalue weighted by Gasteiger charge is -2.18. The molecule has 196 valence electrons. The number of rotatable bonds is 10. The number of nitrogens with one attached hydrogen (secondary N) is 3. The fourth-order valence-corrected chi connectivity index (χ4v) is 5.11. The van der Waals surface area contributed by atoms with Crippen LogP contribution in [0.15, 0.2) is 67.0 Å². The highest BCUT2D eigenvalue weighted by Crippen LogP contribution is 2.46. The van der Waals surface area contributed by atoms with Crippen molar-refractivity contribution in [1.82, 2.24) is 20.5 Å². The monoisotopic (exact) mass is 535 g/mol. The summed E-state index contributed by atoms with van der Waals surface area (Å²) in [6, 6.07) is 16.7. The lowest BCUT2D eigenvalue weighted by molar-refractivity contribution is -0.145. The van der Waals surface area contributed by atoms with Gasteiger partial charge in [-0.05, 0) is 55.0 Å². The maximum Gasteiger partial charge on any atom is 0.361 e. The van der Waals surface area contributed by atoms with Gasteiger partial charge in [-0.3, -0.25) is 24.5 Å². The van der Waals surface area contributed by atoms with Crippen molar-refractivity contribution in [3.8, 4) is 0 Å². The lowest BCUT2D eigenvalue weighted by Crippen LogP contribution is -2.35. The average molecular weight is 536 g/mol. The highest BCUT2D eigenvalue weighted by atomic mass is 31.2. The van der Waals surface area contributed by atoms with E-state index in [-0.39, 0.29) is 6.61 Å². The third kappa shape index (κ3) is 5.58. The Morgan fingerprint density at radius 3 is 2.76 bits per heavy atom. The number of anilines is 4. The van der Waals surface area contributed by atoms with Gasteiger partial charge in [0.1, 0.15) is 0 Å². The van der Waals surface area contributed by atoms with Crippen LogP contribution < -0.4 is 26.6 Å². The molecule has 1 aliphatic heterocycles. The molecule has 0 amide bonds. The first kappa shape index (κ1) is 25.6. The van der Waals surface area contributed by atoms with Crippen molar-refractivity contribution in [3.63, 3.8) is 0 Å². The molecule has 0 fully saturated rings. The van der Waals surface area contributed by atoms with Crippen molar-refractivity contribution in [2.75, 3.05) is 36.1 Å². The molecule has 0 bridgehead atoms. The minimum Gasteiger partial charge on any atom is -0.464 e. The molecule has 0 saturated carbocycles. The maximum atomic E-state index is 13.0. The first-order valence-corrected chi connectivity index (χ1v) is 13.3. The number of fused-ring (bicyclic) bond motifs is 2. The smallest absolute Gasteiger partial charge is 0.361 e. The molecule has 0 spiro atoms. The summed E-state index contributed by atoms with van der Waals surface area (Å²) in [5.74, 6) is 1.14. The van der Waals surface area contributed by atoms with Crippen molar-refractivity contribution in [3.05, 3.63) is 72.6 Å². The van der Waals surface area contributed by atoms with E-state index >= 15 is 0 Å². The summed E-state index contributed by atoms with van der Waals surface area (Å²) < 4.78 is 28.2. The van der Waals surface area contributed by atoms with Crippen molar-refractivity contribution < 1.29 is 23.1 Å². The van der Waals surface area contributed by atoms with E-state index in [1.807, 2.05) is 29.3 Å². The van der Waals surface area contributed by atoms with Gasteiger partial charge in [0.25, 0.3) is 0 Å². The van der Waals surface area contributed by atoms with Gasteiger partial charge in [-0.1, -0.05) is 12.1 Å². The van der Waals surface area contributed by atoms with Crippen molar-refractivity contribution >= 4 is 52.9 Å². The van der Waals surface area contributed by atoms with Crippen LogP contribution in [0, 0.1) is 0 Å². The summed E-state index contributed by atoms with van der Waals surface area (Å²) in [4.78, 5) is 25.1. The maximum absolute atomic E-state index is 13.0. The molecule has 38 heavy (non-hydrogen) atoms. The topological polar surface area (TPSA) is 140 Å². The van der Waals surface area contributed by atoms with E-state index in [1.54, 1.807) is 43.6 Å². The Balaban J connectivity index is 1.27. The predicted molar refractivity (Wildman–Crippen MR) is 143 cm³/mol. The Morgan fingerprint density at radius 2 is 1.97 bits per heavy atom. The summed E-state index contributed by atoms with van der Waals surface area (Å²) in [5, 5.41) is 6.43. The molecular weight excluding hydrogens is 509 g/mol. The largest absolute Gasteiger partial charge is 0.464 e. The quantitative estimate of drug-likeness (QED) is 0.202. The molecule has 4 aromatic rings. The summed E-state index contributed by atoms with van der Waals surface area (Å²) in [6.45, 7) is 1.96. The zero-order valence-electron chi connectivity index (χ0n) is 20.7. The standard InChI is InChI=1S/C25H26N7O5P/c1-3-36-23(33)16-37-38(34,35-2)20-9-7-19(8-10-20)28-22-14-27-24-25(29-22)32(31-30-24)15-17-6-11-21-18(13-17)5-4-12-26-21/h4-14,31H,3,15-16H2,1-2H3,(H,27,30)(H,28,29).